The molecule has 0 radical (unpaired) electrons. The number of amides is 1. The van der Waals surface area contributed by atoms with Crippen LogP contribution in [0.1, 0.15) is 12.5 Å². The molecule has 0 fully saturated rings. The Morgan fingerprint density at radius 3 is 2.70 bits per heavy atom. The lowest BCUT2D eigenvalue weighted by Crippen LogP contribution is -2.10. The number of aryl methyl sites for hydroxylation is 1. The van der Waals surface area contributed by atoms with Gasteiger partial charge in [0.2, 0.25) is 5.88 Å². The summed E-state index contributed by atoms with van der Waals surface area (Å²) in [6.45, 7) is 2.07. The van der Waals surface area contributed by atoms with Gasteiger partial charge in [-0.2, -0.15) is 0 Å². The second-order valence-electron chi connectivity index (χ2n) is 4.07. The van der Waals surface area contributed by atoms with Crippen LogP contribution in [0.15, 0.2) is 42.6 Å². The molecule has 1 heterocycles. The number of carbonyl (C=O) groups excluding carboxylic acids is 1. The normalized spacial score (nSPS) is 9.90. The molecule has 1 aromatic heterocycles. The molecule has 1 aromatic carbocycles. The molecule has 0 saturated heterocycles. The van der Waals surface area contributed by atoms with Crippen LogP contribution in [0.4, 0.5) is 10.5 Å². The third-order valence-electron chi connectivity index (χ3n) is 2.74. The summed E-state index contributed by atoms with van der Waals surface area (Å²) in [5.41, 5.74) is 1.67. The number of hydrogen-bond donors (Lipinski definition) is 1. The minimum atomic E-state index is -0.531. The van der Waals surface area contributed by atoms with Crippen molar-refractivity contribution in [2.24, 2.45) is 0 Å². The number of para-hydroxylation sites is 1. The van der Waals surface area contributed by atoms with Crippen molar-refractivity contribution in [3.05, 3.63) is 48.2 Å². The highest BCUT2D eigenvalue weighted by atomic mass is 16.5. The first kappa shape index (κ1) is 13.9. The standard InChI is InChI=1S/C15H16N2O3/c1-3-11-6-4-5-7-13(11)20-14-9-8-12(10-16-14)17-15(18)19-2/h4-10H,3H2,1-2H3,(H,17,18). The molecule has 104 valence electrons. The summed E-state index contributed by atoms with van der Waals surface area (Å²) in [7, 11) is 1.31. The van der Waals surface area contributed by atoms with Crippen molar-refractivity contribution in [1.82, 2.24) is 4.98 Å². The molecule has 0 aliphatic carbocycles. The zero-order chi connectivity index (χ0) is 14.4. The molecule has 0 saturated carbocycles. The highest BCUT2D eigenvalue weighted by molar-refractivity contribution is 5.84. The van der Waals surface area contributed by atoms with Crippen molar-refractivity contribution in [3.8, 4) is 11.6 Å². The van der Waals surface area contributed by atoms with Crippen molar-refractivity contribution in [1.29, 1.82) is 0 Å². The summed E-state index contributed by atoms with van der Waals surface area (Å²) in [5, 5.41) is 2.53. The molecule has 20 heavy (non-hydrogen) atoms. The summed E-state index contributed by atoms with van der Waals surface area (Å²) in [6.07, 6.45) is 1.87. The van der Waals surface area contributed by atoms with E-state index in [1.807, 2.05) is 24.3 Å². The lowest BCUT2D eigenvalue weighted by atomic mass is 10.1. The Bertz CT molecular complexity index is 582. The van der Waals surface area contributed by atoms with E-state index in [0.29, 0.717) is 11.6 Å². The number of benzene rings is 1. The fourth-order valence-electron chi connectivity index (χ4n) is 1.69. The predicted molar refractivity (Wildman–Crippen MR) is 76.2 cm³/mol. The van der Waals surface area contributed by atoms with E-state index in [-0.39, 0.29) is 0 Å². The molecule has 1 amide bonds. The van der Waals surface area contributed by atoms with Crippen molar-refractivity contribution in [2.75, 3.05) is 12.4 Å². The molecule has 0 unspecified atom stereocenters. The molecule has 0 atom stereocenters. The third-order valence-corrected chi connectivity index (χ3v) is 2.74. The number of carbonyl (C=O) groups is 1. The fourth-order valence-corrected chi connectivity index (χ4v) is 1.69. The van der Waals surface area contributed by atoms with Crippen LogP contribution < -0.4 is 10.1 Å². The second-order valence-corrected chi connectivity index (χ2v) is 4.07. The first-order chi connectivity index (χ1) is 9.72. The van der Waals surface area contributed by atoms with Crippen molar-refractivity contribution in [3.63, 3.8) is 0 Å². The SMILES string of the molecule is CCc1ccccc1Oc1ccc(NC(=O)OC)cn1. The second kappa shape index (κ2) is 6.56. The maximum Gasteiger partial charge on any atom is 0.411 e. The number of pyridine rings is 1. The number of nitrogens with zero attached hydrogens (tertiary/aromatic N) is 1. The third kappa shape index (κ3) is 3.47. The van der Waals surface area contributed by atoms with Crippen LogP contribution in [0.5, 0.6) is 11.6 Å². The van der Waals surface area contributed by atoms with Crippen molar-refractivity contribution in [2.45, 2.75) is 13.3 Å². The predicted octanol–water partition coefficient (Wildman–Crippen LogP) is 3.61. The minimum Gasteiger partial charge on any atom is -0.453 e. The van der Waals surface area contributed by atoms with Gasteiger partial charge in [0, 0.05) is 6.07 Å². The summed E-state index contributed by atoms with van der Waals surface area (Å²) >= 11 is 0. The van der Waals surface area contributed by atoms with Crippen LogP contribution in [0.2, 0.25) is 0 Å². The van der Waals surface area contributed by atoms with Gasteiger partial charge in [-0.15, -0.1) is 0 Å². The molecule has 5 nitrogen and oxygen atoms in total. The Morgan fingerprint density at radius 2 is 2.05 bits per heavy atom. The van der Waals surface area contributed by atoms with E-state index in [1.54, 1.807) is 12.1 Å². The van der Waals surface area contributed by atoms with Crippen LogP contribution in [0.3, 0.4) is 0 Å². The molecule has 1 N–H and O–H groups in total. The number of ether oxygens (including phenoxy) is 2. The van der Waals surface area contributed by atoms with Gasteiger partial charge in [-0.1, -0.05) is 25.1 Å². The van der Waals surface area contributed by atoms with Gasteiger partial charge >= 0.3 is 6.09 Å². The Balaban J connectivity index is 2.09. The summed E-state index contributed by atoms with van der Waals surface area (Å²) in [5.74, 6) is 1.26. The van der Waals surface area contributed by atoms with Crippen LogP contribution >= 0.6 is 0 Å². The number of aromatic nitrogens is 1. The zero-order valence-corrected chi connectivity index (χ0v) is 11.4. The van der Waals surface area contributed by atoms with Gasteiger partial charge in [-0.3, -0.25) is 5.32 Å². The van der Waals surface area contributed by atoms with Crippen LogP contribution in [0.25, 0.3) is 0 Å². The zero-order valence-electron chi connectivity index (χ0n) is 11.4. The topological polar surface area (TPSA) is 60.5 Å². The van der Waals surface area contributed by atoms with Gasteiger partial charge in [0.15, 0.2) is 0 Å². The lowest BCUT2D eigenvalue weighted by Gasteiger charge is -2.09. The van der Waals surface area contributed by atoms with E-state index in [4.69, 9.17) is 4.74 Å². The average Bonchev–Trinajstić information content (AvgIpc) is 2.49. The van der Waals surface area contributed by atoms with Crippen molar-refractivity contribution < 1.29 is 14.3 Å². The molecular formula is C15H16N2O3. The van der Waals surface area contributed by atoms with E-state index in [1.165, 1.54) is 13.3 Å². The highest BCUT2D eigenvalue weighted by Crippen LogP contribution is 2.24. The van der Waals surface area contributed by atoms with E-state index >= 15 is 0 Å². The minimum absolute atomic E-state index is 0.473. The fraction of sp³-hybridized carbons (Fsp3) is 0.200. The number of methoxy groups -OCH3 is 1. The monoisotopic (exact) mass is 272 g/mol. The van der Waals surface area contributed by atoms with E-state index < -0.39 is 6.09 Å². The molecule has 0 aliphatic heterocycles. The molecular weight excluding hydrogens is 256 g/mol. The largest absolute Gasteiger partial charge is 0.453 e. The quantitative estimate of drug-likeness (QED) is 0.923. The van der Waals surface area contributed by atoms with Crippen LogP contribution in [0, 0.1) is 0 Å². The van der Waals surface area contributed by atoms with Gasteiger partial charge in [0.05, 0.1) is 19.0 Å². The first-order valence-electron chi connectivity index (χ1n) is 6.29. The Kier molecular flexibility index (Phi) is 4.55. The highest BCUT2D eigenvalue weighted by Gasteiger charge is 2.05. The number of hydrogen-bond acceptors (Lipinski definition) is 4. The Hall–Kier alpha value is -2.56. The molecule has 0 spiro atoms. The number of anilines is 1. The smallest absolute Gasteiger partial charge is 0.411 e. The van der Waals surface area contributed by atoms with Crippen LogP contribution in [-0.2, 0) is 11.2 Å². The lowest BCUT2D eigenvalue weighted by molar-refractivity contribution is 0.187. The van der Waals surface area contributed by atoms with Gasteiger partial charge < -0.3 is 9.47 Å². The van der Waals surface area contributed by atoms with Crippen LogP contribution in [-0.4, -0.2) is 18.2 Å². The van der Waals surface area contributed by atoms with E-state index in [9.17, 15) is 4.79 Å². The Morgan fingerprint density at radius 1 is 1.25 bits per heavy atom. The van der Waals surface area contributed by atoms with Gasteiger partial charge in [-0.25, -0.2) is 9.78 Å². The maximum atomic E-state index is 11.0. The Labute approximate surface area is 117 Å². The summed E-state index contributed by atoms with van der Waals surface area (Å²) < 4.78 is 10.2. The van der Waals surface area contributed by atoms with Crippen molar-refractivity contribution >= 4 is 11.8 Å². The maximum absolute atomic E-state index is 11.0. The first-order valence-corrected chi connectivity index (χ1v) is 6.29. The van der Waals surface area contributed by atoms with E-state index in [2.05, 4.69) is 22.0 Å². The molecule has 0 bridgehead atoms. The van der Waals surface area contributed by atoms with Gasteiger partial charge in [-0.05, 0) is 24.1 Å². The van der Waals surface area contributed by atoms with Gasteiger partial charge in [0.25, 0.3) is 0 Å². The van der Waals surface area contributed by atoms with Gasteiger partial charge in [0.1, 0.15) is 5.75 Å². The number of nitrogens with one attached hydrogen (secondary N) is 1. The molecule has 0 aliphatic rings. The average molecular weight is 272 g/mol. The summed E-state index contributed by atoms with van der Waals surface area (Å²) in [6, 6.07) is 11.2. The molecule has 2 rings (SSSR count). The molecule has 2 aromatic rings. The van der Waals surface area contributed by atoms with E-state index in [0.717, 1.165) is 17.7 Å². The molecule has 5 heteroatoms. The number of rotatable bonds is 4. The summed E-state index contributed by atoms with van der Waals surface area (Å²) in [4.78, 5) is 15.2.